The molecule has 19 heavy (non-hydrogen) atoms. The van der Waals surface area contributed by atoms with Crippen LogP contribution in [0.2, 0.25) is 0 Å². The summed E-state index contributed by atoms with van der Waals surface area (Å²) in [7, 11) is 0. The lowest BCUT2D eigenvalue weighted by Gasteiger charge is -2.06. The van der Waals surface area contributed by atoms with Crippen molar-refractivity contribution in [2.24, 2.45) is 0 Å². The summed E-state index contributed by atoms with van der Waals surface area (Å²) in [5.41, 5.74) is 0.0730. The average Bonchev–Trinajstić information content (AvgIpc) is 2.87. The van der Waals surface area contributed by atoms with Gasteiger partial charge in [-0.25, -0.2) is 9.37 Å². The molecule has 1 aromatic heterocycles. The molecule has 2 aromatic rings. The topological polar surface area (TPSA) is 83.8 Å². The lowest BCUT2D eigenvalue weighted by Crippen LogP contribution is -2.06. The molecular formula is C12H13FN4O2. The number of rotatable bonds is 6. The predicted octanol–water partition coefficient (Wildman–Crippen LogP) is 2.50. The molecule has 0 saturated heterocycles. The third kappa shape index (κ3) is 3.51. The maximum atomic E-state index is 13.1. The molecule has 0 fully saturated rings. The van der Waals surface area contributed by atoms with Gasteiger partial charge < -0.3 is 10.3 Å². The molecule has 0 aliphatic carbocycles. The van der Waals surface area contributed by atoms with Crippen LogP contribution in [0.5, 0.6) is 0 Å². The second kappa shape index (κ2) is 5.94. The van der Waals surface area contributed by atoms with Crippen molar-refractivity contribution < 1.29 is 9.31 Å². The summed E-state index contributed by atoms with van der Waals surface area (Å²) in [4.78, 5) is 17.3. The van der Waals surface area contributed by atoms with E-state index in [1.54, 1.807) is 12.4 Å². The monoisotopic (exact) mass is 264 g/mol. The van der Waals surface area contributed by atoms with E-state index in [1.165, 1.54) is 0 Å². The number of imidazole rings is 1. The number of hydrogen-bond acceptors (Lipinski definition) is 4. The summed E-state index contributed by atoms with van der Waals surface area (Å²) >= 11 is 0. The van der Waals surface area contributed by atoms with Crippen molar-refractivity contribution in [2.45, 2.75) is 12.8 Å². The fraction of sp³-hybridized carbons (Fsp3) is 0.250. The average molecular weight is 264 g/mol. The number of nitrogens with zero attached hydrogens (tertiary/aromatic N) is 2. The number of nitro groups is 1. The zero-order valence-electron chi connectivity index (χ0n) is 10.1. The second-order valence-corrected chi connectivity index (χ2v) is 3.98. The Morgan fingerprint density at radius 2 is 2.32 bits per heavy atom. The van der Waals surface area contributed by atoms with Crippen molar-refractivity contribution in [3.05, 3.63) is 52.3 Å². The molecule has 2 N–H and O–H groups in total. The van der Waals surface area contributed by atoms with E-state index in [2.05, 4.69) is 15.3 Å². The minimum absolute atomic E-state index is 0.126. The molecule has 0 saturated carbocycles. The molecule has 1 aromatic carbocycles. The van der Waals surface area contributed by atoms with Crippen molar-refractivity contribution in [3.8, 4) is 0 Å². The molecule has 1 heterocycles. The molecule has 0 unspecified atom stereocenters. The molecule has 0 radical (unpaired) electrons. The maximum Gasteiger partial charge on any atom is 0.292 e. The van der Waals surface area contributed by atoms with Gasteiger partial charge in [-0.15, -0.1) is 0 Å². The van der Waals surface area contributed by atoms with Crippen molar-refractivity contribution in [3.63, 3.8) is 0 Å². The molecule has 0 atom stereocenters. The molecule has 7 heteroatoms. The van der Waals surface area contributed by atoms with E-state index in [0.717, 1.165) is 36.9 Å². The van der Waals surface area contributed by atoms with E-state index < -0.39 is 10.7 Å². The van der Waals surface area contributed by atoms with Gasteiger partial charge in [-0.1, -0.05) is 0 Å². The van der Waals surface area contributed by atoms with Crippen molar-refractivity contribution in [1.82, 2.24) is 9.97 Å². The third-order valence-corrected chi connectivity index (χ3v) is 2.62. The number of nitrogens with one attached hydrogen (secondary N) is 2. The fourth-order valence-electron chi connectivity index (χ4n) is 1.72. The zero-order chi connectivity index (χ0) is 13.7. The van der Waals surface area contributed by atoms with Crippen LogP contribution in [0, 0.1) is 15.9 Å². The number of aromatic nitrogens is 2. The van der Waals surface area contributed by atoms with E-state index in [9.17, 15) is 14.5 Å². The second-order valence-electron chi connectivity index (χ2n) is 3.98. The van der Waals surface area contributed by atoms with Crippen LogP contribution in [0.3, 0.4) is 0 Å². The van der Waals surface area contributed by atoms with Crippen LogP contribution in [0.25, 0.3) is 0 Å². The van der Waals surface area contributed by atoms with Gasteiger partial charge in [0.25, 0.3) is 5.69 Å². The summed E-state index contributed by atoms with van der Waals surface area (Å²) in [6.07, 6.45) is 4.87. The first-order valence-corrected chi connectivity index (χ1v) is 5.83. The number of nitro benzene ring substituents is 1. The molecule has 0 spiro atoms. The standard InChI is InChI=1S/C12H13FN4O2/c13-9-3-4-11(17(18)19)10(8-9)14-5-1-2-12-15-6-7-16-12/h3-4,6-8,14H,1-2,5H2,(H,15,16). The zero-order valence-corrected chi connectivity index (χ0v) is 10.1. The van der Waals surface area contributed by atoms with Crippen LogP contribution in [-0.4, -0.2) is 21.4 Å². The minimum atomic E-state index is -0.533. The predicted molar refractivity (Wildman–Crippen MR) is 68.5 cm³/mol. The van der Waals surface area contributed by atoms with Gasteiger partial charge in [-0.05, 0) is 12.5 Å². The van der Waals surface area contributed by atoms with Crippen molar-refractivity contribution in [2.75, 3.05) is 11.9 Å². The van der Waals surface area contributed by atoms with Gasteiger partial charge in [-0.3, -0.25) is 10.1 Å². The first kappa shape index (κ1) is 13.0. The van der Waals surface area contributed by atoms with Crippen LogP contribution in [0.1, 0.15) is 12.2 Å². The summed E-state index contributed by atoms with van der Waals surface area (Å²) in [5, 5.41) is 13.7. The highest BCUT2D eigenvalue weighted by atomic mass is 19.1. The van der Waals surface area contributed by atoms with Gasteiger partial charge in [0.1, 0.15) is 17.3 Å². The fourth-order valence-corrected chi connectivity index (χ4v) is 1.72. The van der Waals surface area contributed by atoms with Crippen LogP contribution in [0.15, 0.2) is 30.6 Å². The van der Waals surface area contributed by atoms with Gasteiger partial charge in [0.2, 0.25) is 0 Å². The lowest BCUT2D eigenvalue weighted by molar-refractivity contribution is -0.384. The van der Waals surface area contributed by atoms with E-state index in [0.29, 0.717) is 6.54 Å². The maximum absolute atomic E-state index is 13.1. The number of H-pyrrole nitrogens is 1. The minimum Gasteiger partial charge on any atom is -0.379 e. The summed E-state index contributed by atoms with van der Waals surface area (Å²) < 4.78 is 13.1. The molecule has 0 aliphatic rings. The van der Waals surface area contributed by atoms with Crippen molar-refractivity contribution in [1.29, 1.82) is 0 Å². The molecule has 100 valence electrons. The molecule has 0 bridgehead atoms. The molecule has 0 amide bonds. The Balaban J connectivity index is 1.91. The smallest absolute Gasteiger partial charge is 0.292 e. The Labute approximate surface area is 108 Å². The van der Waals surface area contributed by atoms with Crippen LogP contribution >= 0.6 is 0 Å². The Morgan fingerprint density at radius 3 is 3.00 bits per heavy atom. The third-order valence-electron chi connectivity index (χ3n) is 2.62. The summed E-state index contributed by atoms with van der Waals surface area (Å²) in [5.74, 6) is 0.356. The number of aryl methyl sites for hydroxylation is 1. The van der Waals surface area contributed by atoms with Crippen LogP contribution in [-0.2, 0) is 6.42 Å². The summed E-state index contributed by atoms with van der Waals surface area (Å²) in [6.45, 7) is 0.505. The Hall–Kier alpha value is -2.44. The van der Waals surface area contributed by atoms with Crippen LogP contribution in [0.4, 0.5) is 15.8 Å². The van der Waals surface area contributed by atoms with E-state index in [1.807, 2.05) is 0 Å². The number of benzene rings is 1. The first-order valence-electron chi connectivity index (χ1n) is 5.83. The van der Waals surface area contributed by atoms with Gasteiger partial charge in [0, 0.05) is 37.5 Å². The van der Waals surface area contributed by atoms with E-state index in [4.69, 9.17) is 0 Å². The van der Waals surface area contributed by atoms with Gasteiger partial charge in [0.05, 0.1) is 4.92 Å². The normalized spacial score (nSPS) is 10.4. The number of aromatic amines is 1. The molecule has 0 aliphatic heterocycles. The van der Waals surface area contributed by atoms with E-state index >= 15 is 0 Å². The Morgan fingerprint density at radius 1 is 1.47 bits per heavy atom. The highest BCUT2D eigenvalue weighted by molar-refractivity contribution is 5.61. The molecular weight excluding hydrogens is 251 g/mol. The number of hydrogen-bond donors (Lipinski definition) is 2. The molecule has 2 rings (SSSR count). The highest BCUT2D eigenvalue weighted by Gasteiger charge is 2.13. The van der Waals surface area contributed by atoms with Crippen LogP contribution < -0.4 is 5.32 Å². The quantitative estimate of drug-likeness (QED) is 0.477. The number of anilines is 1. The number of halogens is 1. The van der Waals surface area contributed by atoms with Gasteiger partial charge in [0.15, 0.2) is 0 Å². The van der Waals surface area contributed by atoms with E-state index in [-0.39, 0.29) is 11.4 Å². The molecule has 6 nitrogen and oxygen atoms in total. The Bertz CT molecular complexity index is 557. The lowest BCUT2D eigenvalue weighted by atomic mass is 10.2. The Kier molecular flexibility index (Phi) is 4.07. The SMILES string of the molecule is O=[N+]([O-])c1ccc(F)cc1NCCCc1ncc[nH]1. The largest absolute Gasteiger partial charge is 0.379 e. The van der Waals surface area contributed by atoms with Gasteiger partial charge in [-0.2, -0.15) is 0 Å². The van der Waals surface area contributed by atoms with Gasteiger partial charge >= 0.3 is 0 Å². The highest BCUT2D eigenvalue weighted by Crippen LogP contribution is 2.24. The summed E-state index contributed by atoms with van der Waals surface area (Å²) in [6, 6.07) is 3.36. The first-order chi connectivity index (χ1) is 9.16. The van der Waals surface area contributed by atoms with Crippen molar-refractivity contribution >= 4 is 11.4 Å².